The molecule has 0 bridgehead atoms. The molecule has 5 rings (SSSR count). The number of hydrogen-bond donors (Lipinski definition) is 1. The van der Waals surface area contributed by atoms with E-state index in [2.05, 4.69) is 20.6 Å². The number of amides is 1. The molecule has 0 unspecified atom stereocenters. The molecule has 0 saturated heterocycles. The van der Waals surface area contributed by atoms with Crippen molar-refractivity contribution in [1.29, 1.82) is 0 Å². The summed E-state index contributed by atoms with van der Waals surface area (Å²) in [6, 6.07) is 31.3. The van der Waals surface area contributed by atoms with Gasteiger partial charge in [0.05, 0.1) is 11.4 Å². The molecule has 0 aliphatic heterocycles. The molecular formula is C25H20N6OS. The predicted molar refractivity (Wildman–Crippen MR) is 130 cm³/mol. The molecule has 0 fully saturated rings. The summed E-state index contributed by atoms with van der Waals surface area (Å²) in [4.78, 5) is 12.6. The van der Waals surface area contributed by atoms with Crippen molar-refractivity contribution in [2.45, 2.75) is 5.16 Å². The van der Waals surface area contributed by atoms with Crippen molar-refractivity contribution < 1.29 is 4.79 Å². The Balaban J connectivity index is 1.32. The van der Waals surface area contributed by atoms with Gasteiger partial charge in [-0.3, -0.25) is 9.36 Å². The van der Waals surface area contributed by atoms with Crippen molar-refractivity contribution in [3.8, 4) is 22.8 Å². The zero-order valence-corrected chi connectivity index (χ0v) is 18.4. The van der Waals surface area contributed by atoms with Gasteiger partial charge in [-0.25, -0.2) is 4.68 Å². The topological polar surface area (TPSA) is 77.6 Å². The molecule has 0 radical (unpaired) electrons. The minimum absolute atomic E-state index is 0.165. The molecule has 5 aromatic rings. The highest BCUT2D eigenvalue weighted by molar-refractivity contribution is 7.99. The normalized spacial score (nSPS) is 10.8. The van der Waals surface area contributed by atoms with Crippen LogP contribution in [0.15, 0.2) is 108 Å². The number of nitrogens with zero attached hydrogens (tertiary/aromatic N) is 5. The van der Waals surface area contributed by atoms with Gasteiger partial charge in [0.2, 0.25) is 5.91 Å². The van der Waals surface area contributed by atoms with Gasteiger partial charge in [0, 0.05) is 23.5 Å². The van der Waals surface area contributed by atoms with Crippen molar-refractivity contribution in [2.75, 3.05) is 11.1 Å². The van der Waals surface area contributed by atoms with Crippen molar-refractivity contribution in [1.82, 2.24) is 24.5 Å². The SMILES string of the molecule is O=C(CSc1nnc(-c2ccccc2)n1-c1ccccc1)Nc1ccn(-c2ccccc2)n1. The number of benzene rings is 3. The lowest BCUT2D eigenvalue weighted by Crippen LogP contribution is -2.15. The molecule has 7 nitrogen and oxygen atoms in total. The first kappa shape index (κ1) is 20.7. The summed E-state index contributed by atoms with van der Waals surface area (Å²) in [6.45, 7) is 0. The monoisotopic (exact) mass is 452 g/mol. The second-order valence-corrected chi connectivity index (χ2v) is 8.10. The third-order valence-electron chi connectivity index (χ3n) is 4.89. The van der Waals surface area contributed by atoms with Crippen LogP contribution in [0.5, 0.6) is 0 Å². The minimum atomic E-state index is -0.165. The van der Waals surface area contributed by atoms with E-state index < -0.39 is 0 Å². The molecule has 162 valence electrons. The maximum absolute atomic E-state index is 12.6. The van der Waals surface area contributed by atoms with Crippen LogP contribution in [0.2, 0.25) is 0 Å². The molecule has 1 amide bonds. The summed E-state index contributed by atoms with van der Waals surface area (Å²) in [6.07, 6.45) is 1.82. The van der Waals surface area contributed by atoms with E-state index in [9.17, 15) is 4.79 Å². The Kier molecular flexibility index (Phi) is 5.99. The van der Waals surface area contributed by atoms with E-state index in [4.69, 9.17) is 0 Å². The maximum atomic E-state index is 12.6. The highest BCUT2D eigenvalue weighted by Crippen LogP contribution is 2.27. The zero-order chi connectivity index (χ0) is 22.5. The summed E-state index contributed by atoms with van der Waals surface area (Å²) < 4.78 is 3.69. The molecule has 0 spiro atoms. The van der Waals surface area contributed by atoms with Crippen LogP contribution in [0.4, 0.5) is 5.82 Å². The summed E-state index contributed by atoms with van der Waals surface area (Å²) in [7, 11) is 0. The van der Waals surface area contributed by atoms with Gasteiger partial charge in [-0.05, 0) is 24.3 Å². The standard InChI is InChI=1S/C25H20N6OS/c32-23(26-22-16-17-30(29-22)20-12-6-2-7-13-20)18-33-25-28-27-24(19-10-4-1-5-11-19)31(25)21-14-8-3-9-15-21/h1-17H,18H2,(H,26,29,32). The fourth-order valence-corrected chi connectivity index (χ4v) is 4.12. The summed E-state index contributed by atoms with van der Waals surface area (Å²) in [5.41, 5.74) is 2.82. The number of carbonyl (C=O) groups is 1. The average molecular weight is 453 g/mol. The van der Waals surface area contributed by atoms with Crippen LogP contribution in [-0.2, 0) is 4.79 Å². The van der Waals surface area contributed by atoms with Crippen molar-refractivity contribution in [3.63, 3.8) is 0 Å². The lowest BCUT2D eigenvalue weighted by Gasteiger charge is -2.10. The summed E-state index contributed by atoms with van der Waals surface area (Å²) in [5, 5.41) is 16.7. The second-order valence-electron chi connectivity index (χ2n) is 7.16. The quantitative estimate of drug-likeness (QED) is 0.357. The fourth-order valence-electron chi connectivity index (χ4n) is 3.37. The highest BCUT2D eigenvalue weighted by atomic mass is 32.2. The molecule has 3 aromatic carbocycles. The predicted octanol–water partition coefficient (Wildman–Crippen LogP) is 4.85. The van der Waals surface area contributed by atoms with Crippen molar-refractivity contribution >= 4 is 23.5 Å². The first-order chi connectivity index (χ1) is 16.3. The second kappa shape index (κ2) is 9.54. The first-order valence-corrected chi connectivity index (χ1v) is 11.4. The smallest absolute Gasteiger partial charge is 0.236 e. The van der Waals surface area contributed by atoms with Crippen LogP contribution < -0.4 is 5.32 Å². The van der Waals surface area contributed by atoms with Crippen molar-refractivity contribution in [2.24, 2.45) is 0 Å². The zero-order valence-electron chi connectivity index (χ0n) is 17.6. The van der Waals surface area contributed by atoms with Gasteiger partial charge in [-0.2, -0.15) is 5.10 Å². The Morgan fingerprint density at radius 3 is 2.12 bits per heavy atom. The van der Waals surface area contributed by atoms with Crippen LogP contribution >= 0.6 is 11.8 Å². The number of hydrogen-bond acceptors (Lipinski definition) is 5. The number of rotatable bonds is 7. The third-order valence-corrected chi connectivity index (χ3v) is 5.82. The molecule has 0 atom stereocenters. The van der Waals surface area contributed by atoms with Gasteiger partial charge >= 0.3 is 0 Å². The Hall–Kier alpha value is -4.17. The van der Waals surface area contributed by atoms with E-state index in [0.717, 1.165) is 22.8 Å². The van der Waals surface area contributed by atoms with Gasteiger partial charge < -0.3 is 5.32 Å². The molecule has 8 heteroatoms. The largest absolute Gasteiger partial charge is 0.308 e. The lowest BCUT2D eigenvalue weighted by atomic mass is 10.2. The Bertz CT molecular complexity index is 1350. The van der Waals surface area contributed by atoms with E-state index in [1.807, 2.05) is 102 Å². The molecule has 0 aliphatic carbocycles. The lowest BCUT2D eigenvalue weighted by molar-refractivity contribution is -0.113. The van der Waals surface area contributed by atoms with Gasteiger partial charge in [-0.15, -0.1) is 10.2 Å². The van der Waals surface area contributed by atoms with E-state index >= 15 is 0 Å². The Morgan fingerprint density at radius 2 is 1.42 bits per heavy atom. The molecule has 1 N–H and O–H groups in total. The summed E-state index contributed by atoms with van der Waals surface area (Å²) >= 11 is 1.33. The summed E-state index contributed by atoms with van der Waals surface area (Å²) in [5.74, 6) is 1.24. The van der Waals surface area contributed by atoms with Crippen LogP contribution in [0, 0.1) is 0 Å². The van der Waals surface area contributed by atoms with Gasteiger partial charge in [-0.1, -0.05) is 78.5 Å². The van der Waals surface area contributed by atoms with Crippen LogP contribution in [0.1, 0.15) is 0 Å². The minimum Gasteiger partial charge on any atom is -0.308 e. The van der Waals surface area contributed by atoms with E-state index in [-0.39, 0.29) is 11.7 Å². The molecule has 0 saturated carbocycles. The van der Waals surface area contributed by atoms with E-state index in [0.29, 0.717) is 11.0 Å². The maximum Gasteiger partial charge on any atom is 0.236 e. The number of aromatic nitrogens is 5. The van der Waals surface area contributed by atoms with Gasteiger partial charge in [0.15, 0.2) is 16.8 Å². The fraction of sp³-hybridized carbons (Fsp3) is 0.0400. The molecule has 2 heterocycles. The van der Waals surface area contributed by atoms with Gasteiger partial charge in [0.25, 0.3) is 0 Å². The van der Waals surface area contributed by atoms with Crippen LogP contribution in [0.3, 0.4) is 0 Å². The van der Waals surface area contributed by atoms with Crippen LogP contribution in [-0.4, -0.2) is 36.2 Å². The van der Waals surface area contributed by atoms with Crippen molar-refractivity contribution in [3.05, 3.63) is 103 Å². The van der Waals surface area contributed by atoms with E-state index in [1.165, 1.54) is 11.8 Å². The molecular weight excluding hydrogens is 432 g/mol. The highest BCUT2D eigenvalue weighted by Gasteiger charge is 2.17. The third kappa shape index (κ3) is 4.70. The molecule has 2 aromatic heterocycles. The molecule has 33 heavy (non-hydrogen) atoms. The first-order valence-electron chi connectivity index (χ1n) is 10.4. The Morgan fingerprint density at radius 1 is 0.788 bits per heavy atom. The number of thioether (sulfide) groups is 1. The van der Waals surface area contributed by atoms with E-state index in [1.54, 1.807) is 10.7 Å². The van der Waals surface area contributed by atoms with Crippen LogP contribution in [0.25, 0.3) is 22.8 Å². The number of anilines is 1. The average Bonchev–Trinajstić information content (AvgIpc) is 3.52. The number of para-hydroxylation sites is 2. The molecule has 0 aliphatic rings. The Labute approximate surface area is 195 Å². The number of nitrogens with one attached hydrogen (secondary N) is 1. The van der Waals surface area contributed by atoms with Gasteiger partial charge in [0.1, 0.15) is 0 Å². The number of carbonyl (C=O) groups excluding carboxylic acids is 1.